The van der Waals surface area contributed by atoms with E-state index in [0.29, 0.717) is 12.5 Å². The average molecular weight is 211 g/mol. The molecule has 1 unspecified atom stereocenters. The highest BCUT2D eigenvalue weighted by Crippen LogP contribution is 2.11. The van der Waals surface area contributed by atoms with Gasteiger partial charge in [-0.1, -0.05) is 6.42 Å². The van der Waals surface area contributed by atoms with Crippen LogP contribution >= 0.6 is 0 Å². The van der Waals surface area contributed by atoms with Crippen molar-refractivity contribution in [1.82, 2.24) is 15.8 Å². The largest absolute Gasteiger partial charge is 0.314 e. The fourth-order valence-electron chi connectivity index (χ4n) is 2.34. The van der Waals surface area contributed by atoms with E-state index in [0.717, 1.165) is 32.5 Å². The van der Waals surface area contributed by atoms with E-state index in [1.165, 1.54) is 19.3 Å². The number of nitrogens with one attached hydrogen (secondary N) is 2. The average Bonchev–Trinajstić information content (AvgIpc) is 2.29. The second-order valence-corrected chi connectivity index (χ2v) is 4.49. The zero-order valence-corrected chi connectivity index (χ0v) is 9.30. The molecule has 4 nitrogen and oxygen atoms in total. The molecule has 2 aliphatic rings. The smallest absolute Gasteiger partial charge is 0.236 e. The van der Waals surface area contributed by atoms with Crippen LogP contribution in [0.2, 0.25) is 0 Å². The number of amides is 1. The van der Waals surface area contributed by atoms with Gasteiger partial charge >= 0.3 is 0 Å². The first-order valence-electron chi connectivity index (χ1n) is 6.13. The standard InChI is InChI=1S/C11H21N3O/c15-11-5-3-8-13-14(11)9-6-10-4-1-2-7-12-10/h10,12-13H,1-9H2. The summed E-state index contributed by atoms with van der Waals surface area (Å²) < 4.78 is 0. The number of hydrogen-bond donors (Lipinski definition) is 2. The van der Waals surface area contributed by atoms with E-state index < -0.39 is 0 Å². The number of carbonyl (C=O) groups is 1. The van der Waals surface area contributed by atoms with Gasteiger partial charge in [0.05, 0.1) is 0 Å². The molecular formula is C11H21N3O. The molecule has 2 aliphatic heterocycles. The molecule has 0 aromatic carbocycles. The second kappa shape index (κ2) is 5.47. The third-order valence-corrected chi connectivity index (χ3v) is 3.28. The van der Waals surface area contributed by atoms with Crippen LogP contribution in [0.1, 0.15) is 38.5 Å². The molecule has 1 atom stereocenters. The molecule has 2 saturated heterocycles. The van der Waals surface area contributed by atoms with Crippen molar-refractivity contribution in [3.05, 3.63) is 0 Å². The van der Waals surface area contributed by atoms with E-state index in [1.54, 1.807) is 5.01 Å². The van der Waals surface area contributed by atoms with Gasteiger partial charge in [0, 0.05) is 25.6 Å². The van der Waals surface area contributed by atoms with Crippen LogP contribution < -0.4 is 10.7 Å². The van der Waals surface area contributed by atoms with Crippen molar-refractivity contribution in [2.75, 3.05) is 19.6 Å². The predicted molar refractivity (Wildman–Crippen MR) is 59.2 cm³/mol. The topological polar surface area (TPSA) is 44.4 Å². The molecule has 0 bridgehead atoms. The SMILES string of the molecule is O=C1CCCNN1CCC1CCCCN1. The quantitative estimate of drug-likeness (QED) is 0.720. The fraction of sp³-hybridized carbons (Fsp3) is 0.909. The maximum Gasteiger partial charge on any atom is 0.236 e. The summed E-state index contributed by atoms with van der Waals surface area (Å²) in [5.41, 5.74) is 3.16. The van der Waals surface area contributed by atoms with Crippen LogP contribution in [-0.2, 0) is 4.79 Å². The molecule has 2 fully saturated rings. The minimum atomic E-state index is 0.261. The molecular weight excluding hydrogens is 190 g/mol. The summed E-state index contributed by atoms with van der Waals surface area (Å²) in [6.45, 7) is 2.95. The lowest BCUT2D eigenvalue weighted by molar-refractivity contribution is -0.137. The summed E-state index contributed by atoms with van der Waals surface area (Å²) in [4.78, 5) is 11.5. The van der Waals surface area contributed by atoms with Gasteiger partial charge in [-0.15, -0.1) is 0 Å². The molecule has 15 heavy (non-hydrogen) atoms. The number of nitrogens with zero attached hydrogens (tertiary/aromatic N) is 1. The van der Waals surface area contributed by atoms with Gasteiger partial charge in [-0.3, -0.25) is 9.80 Å². The lowest BCUT2D eigenvalue weighted by atomic mass is 10.0. The number of hydrazine groups is 1. The van der Waals surface area contributed by atoms with Crippen molar-refractivity contribution >= 4 is 5.91 Å². The first-order chi connectivity index (χ1) is 7.36. The molecule has 0 spiro atoms. The Labute approximate surface area is 91.4 Å². The van der Waals surface area contributed by atoms with E-state index in [2.05, 4.69) is 10.7 Å². The first-order valence-corrected chi connectivity index (χ1v) is 6.13. The van der Waals surface area contributed by atoms with Crippen molar-refractivity contribution < 1.29 is 4.79 Å². The molecule has 4 heteroatoms. The monoisotopic (exact) mass is 211 g/mol. The molecule has 0 saturated carbocycles. The molecule has 2 N–H and O–H groups in total. The van der Waals surface area contributed by atoms with Crippen molar-refractivity contribution in [2.24, 2.45) is 0 Å². The van der Waals surface area contributed by atoms with Gasteiger partial charge in [0.1, 0.15) is 0 Å². The molecule has 0 aromatic heterocycles. The third-order valence-electron chi connectivity index (χ3n) is 3.28. The minimum absolute atomic E-state index is 0.261. The highest BCUT2D eigenvalue weighted by Gasteiger charge is 2.19. The van der Waals surface area contributed by atoms with Crippen LogP contribution in [0.5, 0.6) is 0 Å². The molecule has 0 aliphatic carbocycles. The molecule has 2 rings (SSSR count). The third kappa shape index (κ3) is 3.18. The van der Waals surface area contributed by atoms with Gasteiger partial charge in [0.15, 0.2) is 0 Å². The van der Waals surface area contributed by atoms with Crippen molar-refractivity contribution in [1.29, 1.82) is 0 Å². The summed E-state index contributed by atoms with van der Waals surface area (Å²) >= 11 is 0. The maximum atomic E-state index is 11.5. The Bertz CT molecular complexity index is 214. The molecule has 86 valence electrons. The zero-order valence-electron chi connectivity index (χ0n) is 9.30. The summed E-state index contributed by atoms with van der Waals surface area (Å²) in [7, 11) is 0. The van der Waals surface area contributed by atoms with E-state index >= 15 is 0 Å². The summed E-state index contributed by atoms with van der Waals surface area (Å²) in [5, 5.41) is 5.31. The Kier molecular flexibility index (Phi) is 3.97. The van der Waals surface area contributed by atoms with E-state index in [-0.39, 0.29) is 5.91 Å². The Morgan fingerprint density at radius 1 is 1.27 bits per heavy atom. The summed E-state index contributed by atoms with van der Waals surface area (Å²) in [6, 6.07) is 0.621. The number of rotatable bonds is 3. The van der Waals surface area contributed by atoms with Gasteiger partial charge in [-0.2, -0.15) is 0 Å². The number of carbonyl (C=O) groups excluding carboxylic acids is 1. The number of hydrogen-bond acceptors (Lipinski definition) is 3. The lowest BCUT2D eigenvalue weighted by Gasteiger charge is -2.30. The van der Waals surface area contributed by atoms with Gasteiger partial charge in [-0.25, -0.2) is 5.43 Å². The molecule has 0 aromatic rings. The minimum Gasteiger partial charge on any atom is -0.314 e. The van der Waals surface area contributed by atoms with Crippen LogP contribution in [0.4, 0.5) is 0 Å². The maximum absolute atomic E-state index is 11.5. The molecule has 1 amide bonds. The highest BCUT2D eigenvalue weighted by atomic mass is 16.2. The van der Waals surface area contributed by atoms with Gasteiger partial charge in [0.25, 0.3) is 0 Å². The van der Waals surface area contributed by atoms with Crippen molar-refractivity contribution in [3.63, 3.8) is 0 Å². The first kappa shape index (κ1) is 10.9. The number of piperidine rings is 1. The normalized spacial score (nSPS) is 28.1. The Morgan fingerprint density at radius 3 is 2.93 bits per heavy atom. The Morgan fingerprint density at radius 2 is 2.20 bits per heavy atom. The fourth-order valence-corrected chi connectivity index (χ4v) is 2.34. The molecule has 2 heterocycles. The predicted octanol–water partition coefficient (Wildman–Crippen LogP) is 0.646. The van der Waals surface area contributed by atoms with Crippen LogP contribution in [0.15, 0.2) is 0 Å². The van der Waals surface area contributed by atoms with E-state index in [1.807, 2.05) is 0 Å². The Hall–Kier alpha value is -0.610. The van der Waals surface area contributed by atoms with Crippen molar-refractivity contribution in [3.8, 4) is 0 Å². The Balaban J connectivity index is 1.69. The van der Waals surface area contributed by atoms with Gasteiger partial charge < -0.3 is 5.32 Å². The van der Waals surface area contributed by atoms with Crippen LogP contribution in [0, 0.1) is 0 Å². The van der Waals surface area contributed by atoms with Crippen LogP contribution in [-0.4, -0.2) is 36.6 Å². The second-order valence-electron chi connectivity index (χ2n) is 4.49. The van der Waals surface area contributed by atoms with Gasteiger partial charge in [-0.05, 0) is 32.2 Å². The van der Waals surface area contributed by atoms with Crippen LogP contribution in [0.25, 0.3) is 0 Å². The van der Waals surface area contributed by atoms with Gasteiger partial charge in [0.2, 0.25) is 5.91 Å². The molecule has 0 radical (unpaired) electrons. The van der Waals surface area contributed by atoms with Crippen molar-refractivity contribution in [2.45, 2.75) is 44.6 Å². The van der Waals surface area contributed by atoms with E-state index in [9.17, 15) is 4.79 Å². The van der Waals surface area contributed by atoms with Crippen LogP contribution in [0.3, 0.4) is 0 Å². The lowest BCUT2D eigenvalue weighted by Crippen LogP contribution is -2.49. The summed E-state index contributed by atoms with van der Waals surface area (Å²) in [6.07, 6.45) is 6.68. The zero-order chi connectivity index (χ0) is 10.5. The highest BCUT2D eigenvalue weighted by molar-refractivity contribution is 5.76. The van der Waals surface area contributed by atoms with E-state index in [4.69, 9.17) is 0 Å². The summed E-state index contributed by atoms with van der Waals surface area (Å²) in [5.74, 6) is 0.261.